The number of H-pyrrole nitrogens is 1. The molecule has 0 aliphatic rings. The molecule has 0 bridgehead atoms. The maximum Gasteiger partial charge on any atom is 0.316 e. The van der Waals surface area contributed by atoms with E-state index in [0.717, 1.165) is 16.2 Å². The minimum atomic E-state index is -0.588. The fourth-order valence-corrected chi connectivity index (χ4v) is 5.06. The van der Waals surface area contributed by atoms with Gasteiger partial charge < -0.3 is 9.72 Å². The standard InChI is InChI=1S/C17H18N2O3S3/c1-9-11(3)25-17-14(9)16(21)18-15(19-17)10(2)22-13(20)8-23-7-12-5-4-6-24-12/h4-6,10H,7-8H2,1-3H3,(H,18,19,21)/t10-/m1/s1. The van der Waals surface area contributed by atoms with E-state index in [9.17, 15) is 9.59 Å². The van der Waals surface area contributed by atoms with E-state index >= 15 is 0 Å². The van der Waals surface area contributed by atoms with E-state index < -0.39 is 6.10 Å². The molecular weight excluding hydrogens is 376 g/mol. The van der Waals surface area contributed by atoms with E-state index in [1.165, 1.54) is 28.0 Å². The summed E-state index contributed by atoms with van der Waals surface area (Å²) >= 11 is 4.66. The number of aromatic amines is 1. The first-order valence-electron chi connectivity index (χ1n) is 7.75. The third-order valence-electron chi connectivity index (χ3n) is 3.80. The van der Waals surface area contributed by atoms with Crippen molar-refractivity contribution in [2.75, 3.05) is 5.75 Å². The Morgan fingerprint density at radius 2 is 2.24 bits per heavy atom. The number of thiophene rings is 2. The molecule has 3 aromatic heterocycles. The summed E-state index contributed by atoms with van der Waals surface area (Å²) in [5, 5.41) is 2.64. The lowest BCUT2D eigenvalue weighted by atomic mass is 10.2. The van der Waals surface area contributed by atoms with E-state index in [1.807, 2.05) is 31.4 Å². The van der Waals surface area contributed by atoms with Crippen molar-refractivity contribution in [3.63, 3.8) is 0 Å². The van der Waals surface area contributed by atoms with Crippen LogP contribution in [0.1, 0.15) is 34.2 Å². The molecule has 8 heteroatoms. The predicted molar refractivity (Wildman–Crippen MR) is 105 cm³/mol. The molecule has 25 heavy (non-hydrogen) atoms. The molecule has 0 amide bonds. The Bertz CT molecular complexity index is 944. The number of rotatable bonds is 6. The summed E-state index contributed by atoms with van der Waals surface area (Å²) < 4.78 is 5.41. The van der Waals surface area contributed by atoms with E-state index in [2.05, 4.69) is 9.97 Å². The molecule has 0 unspecified atom stereocenters. The number of nitrogens with one attached hydrogen (secondary N) is 1. The highest BCUT2D eigenvalue weighted by Crippen LogP contribution is 2.27. The second-order valence-electron chi connectivity index (χ2n) is 5.62. The molecule has 1 N–H and O–H groups in total. The first-order chi connectivity index (χ1) is 12.0. The van der Waals surface area contributed by atoms with Gasteiger partial charge in [-0.3, -0.25) is 9.59 Å². The Morgan fingerprint density at radius 1 is 1.44 bits per heavy atom. The molecule has 3 heterocycles. The van der Waals surface area contributed by atoms with Gasteiger partial charge in [0.1, 0.15) is 4.83 Å². The van der Waals surface area contributed by atoms with Gasteiger partial charge >= 0.3 is 5.97 Å². The highest BCUT2D eigenvalue weighted by molar-refractivity contribution is 7.99. The van der Waals surface area contributed by atoms with Crippen LogP contribution in [0.25, 0.3) is 10.2 Å². The van der Waals surface area contributed by atoms with Gasteiger partial charge in [-0.25, -0.2) is 4.98 Å². The van der Waals surface area contributed by atoms with Crippen molar-refractivity contribution in [2.24, 2.45) is 0 Å². The predicted octanol–water partition coefficient (Wildman–Crippen LogP) is 4.20. The van der Waals surface area contributed by atoms with Gasteiger partial charge in [-0.2, -0.15) is 0 Å². The highest BCUT2D eigenvalue weighted by Gasteiger charge is 2.18. The van der Waals surface area contributed by atoms with E-state index in [1.54, 1.807) is 18.3 Å². The molecular formula is C17H18N2O3S3. The molecule has 0 radical (unpaired) electrons. The lowest BCUT2D eigenvalue weighted by Crippen LogP contribution is -2.18. The quantitative estimate of drug-likeness (QED) is 0.635. The normalized spacial score (nSPS) is 12.4. The van der Waals surface area contributed by atoms with E-state index in [0.29, 0.717) is 16.0 Å². The fraction of sp³-hybridized carbons (Fsp3) is 0.353. The Labute approximate surface area is 157 Å². The molecule has 0 saturated carbocycles. The molecule has 3 aromatic rings. The van der Waals surface area contributed by atoms with Crippen LogP contribution in [0.5, 0.6) is 0 Å². The average molecular weight is 395 g/mol. The van der Waals surface area contributed by atoms with Crippen molar-refractivity contribution in [1.29, 1.82) is 0 Å². The largest absolute Gasteiger partial charge is 0.454 e. The van der Waals surface area contributed by atoms with Crippen molar-refractivity contribution in [3.8, 4) is 0 Å². The molecule has 3 rings (SSSR count). The van der Waals surface area contributed by atoms with Gasteiger partial charge in [-0.1, -0.05) is 6.07 Å². The van der Waals surface area contributed by atoms with Crippen LogP contribution >= 0.6 is 34.4 Å². The number of aromatic nitrogens is 2. The summed E-state index contributed by atoms with van der Waals surface area (Å²) in [6.45, 7) is 5.60. The fourth-order valence-electron chi connectivity index (χ4n) is 2.38. The second kappa shape index (κ2) is 7.72. The SMILES string of the molecule is Cc1sc2nc([C@@H](C)OC(=O)CSCc3cccs3)[nH]c(=O)c2c1C. The first-order valence-corrected chi connectivity index (χ1v) is 10.6. The van der Waals surface area contributed by atoms with Crippen LogP contribution in [0.15, 0.2) is 22.3 Å². The van der Waals surface area contributed by atoms with Gasteiger partial charge in [-0.15, -0.1) is 34.4 Å². The molecule has 5 nitrogen and oxygen atoms in total. The van der Waals surface area contributed by atoms with Gasteiger partial charge in [0.05, 0.1) is 11.1 Å². The lowest BCUT2D eigenvalue weighted by molar-refractivity contribution is -0.145. The van der Waals surface area contributed by atoms with Gasteiger partial charge in [-0.05, 0) is 37.8 Å². The number of ether oxygens (including phenoxy) is 1. The first kappa shape index (κ1) is 18.2. The van der Waals surface area contributed by atoms with Crippen LogP contribution in [0.4, 0.5) is 0 Å². The number of hydrogen-bond donors (Lipinski definition) is 1. The van der Waals surface area contributed by atoms with Crippen LogP contribution in [0.2, 0.25) is 0 Å². The number of hydrogen-bond acceptors (Lipinski definition) is 7. The average Bonchev–Trinajstić information content (AvgIpc) is 3.16. The van der Waals surface area contributed by atoms with Crippen molar-refractivity contribution in [2.45, 2.75) is 32.6 Å². The van der Waals surface area contributed by atoms with Gasteiger partial charge in [0.25, 0.3) is 5.56 Å². The monoisotopic (exact) mass is 394 g/mol. The van der Waals surface area contributed by atoms with E-state index in [4.69, 9.17) is 4.74 Å². The smallest absolute Gasteiger partial charge is 0.316 e. The molecule has 0 aliphatic carbocycles. The summed E-state index contributed by atoms with van der Waals surface area (Å²) in [6.07, 6.45) is -0.588. The zero-order valence-electron chi connectivity index (χ0n) is 14.1. The van der Waals surface area contributed by atoms with Crippen molar-refractivity contribution in [3.05, 3.63) is 49.0 Å². The number of thioether (sulfide) groups is 1. The zero-order chi connectivity index (χ0) is 18.0. The van der Waals surface area contributed by atoms with E-state index in [-0.39, 0.29) is 17.3 Å². The number of aryl methyl sites for hydroxylation is 2. The number of esters is 1. The number of nitrogens with zero attached hydrogens (tertiary/aromatic N) is 1. The van der Waals surface area contributed by atoms with Crippen molar-refractivity contribution in [1.82, 2.24) is 9.97 Å². The van der Waals surface area contributed by atoms with Gasteiger partial charge in [0.15, 0.2) is 11.9 Å². The molecule has 0 spiro atoms. The third kappa shape index (κ3) is 4.13. The summed E-state index contributed by atoms with van der Waals surface area (Å²) in [7, 11) is 0. The lowest BCUT2D eigenvalue weighted by Gasteiger charge is -2.12. The maximum atomic E-state index is 12.3. The van der Waals surface area contributed by atoms with Gasteiger partial charge in [0.2, 0.25) is 0 Å². The molecule has 132 valence electrons. The Kier molecular flexibility index (Phi) is 5.61. The molecule has 1 atom stereocenters. The Balaban J connectivity index is 1.64. The van der Waals surface area contributed by atoms with Crippen LogP contribution in [0, 0.1) is 13.8 Å². The van der Waals surface area contributed by atoms with Crippen LogP contribution in [-0.2, 0) is 15.3 Å². The molecule has 0 aromatic carbocycles. The zero-order valence-corrected chi connectivity index (χ0v) is 16.6. The van der Waals surface area contributed by atoms with Crippen LogP contribution < -0.4 is 5.56 Å². The summed E-state index contributed by atoms with van der Waals surface area (Å²) in [5.74, 6) is 1.13. The third-order valence-corrected chi connectivity index (χ3v) is 6.91. The Morgan fingerprint density at radius 3 is 2.96 bits per heavy atom. The molecule has 0 fully saturated rings. The molecule has 0 saturated heterocycles. The van der Waals surface area contributed by atoms with Crippen molar-refractivity contribution < 1.29 is 9.53 Å². The summed E-state index contributed by atoms with van der Waals surface area (Å²) in [5.41, 5.74) is 0.770. The number of carbonyl (C=O) groups is 1. The minimum absolute atomic E-state index is 0.184. The second-order valence-corrected chi connectivity index (χ2v) is 8.84. The Hall–Kier alpha value is -1.64. The van der Waals surface area contributed by atoms with Crippen LogP contribution in [-0.4, -0.2) is 21.7 Å². The van der Waals surface area contributed by atoms with Crippen LogP contribution in [0.3, 0.4) is 0 Å². The maximum absolute atomic E-state index is 12.3. The summed E-state index contributed by atoms with van der Waals surface area (Å²) in [4.78, 5) is 34.5. The topological polar surface area (TPSA) is 72.0 Å². The summed E-state index contributed by atoms with van der Waals surface area (Å²) in [6, 6.07) is 4.04. The molecule has 0 aliphatic heterocycles. The highest BCUT2D eigenvalue weighted by atomic mass is 32.2. The minimum Gasteiger partial charge on any atom is -0.454 e. The number of carbonyl (C=O) groups excluding carboxylic acids is 1. The van der Waals surface area contributed by atoms with Crippen molar-refractivity contribution >= 4 is 50.6 Å². The number of fused-ring (bicyclic) bond motifs is 1. The van der Waals surface area contributed by atoms with Gasteiger partial charge in [0, 0.05) is 15.5 Å².